The predicted octanol–water partition coefficient (Wildman–Crippen LogP) is 5.46. The van der Waals surface area contributed by atoms with E-state index in [0.29, 0.717) is 28.6 Å². The van der Waals surface area contributed by atoms with Crippen LogP contribution < -0.4 is 4.90 Å². The number of likely N-dealkylation sites (N-methyl/N-ethyl adjacent to an activating group) is 1. The molecule has 1 aliphatic rings. The fraction of sp³-hybridized carbons (Fsp3) is 0.250. The van der Waals surface area contributed by atoms with Crippen LogP contribution in [-0.4, -0.2) is 48.3 Å². The smallest absolute Gasteiger partial charge is 0.283 e. The summed E-state index contributed by atoms with van der Waals surface area (Å²) in [6, 6.07) is 20.1. The minimum atomic E-state index is 0.354. The van der Waals surface area contributed by atoms with E-state index in [9.17, 15) is 0 Å². The number of rotatable bonds is 5. The zero-order valence-electron chi connectivity index (χ0n) is 17.5. The molecule has 6 nitrogen and oxygen atoms in total. The van der Waals surface area contributed by atoms with E-state index in [1.165, 1.54) is 12.1 Å². The van der Waals surface area contributed by atoms with Crippen molar-refractivity contribution in [2.24, 2.45) is 0 Å². The average molecular weight is 435 g/mol. The van der Waals surface area contributed by atoms with Gasteiger partial charge < -0.3 is 18.6 Å². The Morgan fingerprint density at radius 3 is 2.23 bits per heavy atom. The maximum atomic E-state index is 5.96. The van der Waals surface area contributed by atoms with Crippen molar-refractivity contribution in [2.75, 3.05) is 32.1 Å². The molecule has 1 atom stereocenters. The van der Waals surface area contributed by atoms with Crippen LogP contribution in [0.3, 0.4) is 0 Å². The number of halogens is 1. The molecule has 0 aliphatic carbocycles. The van der Waals surface area contributed by atoms with Gasteiger partial charge in [-0.05, 0) is 81.2 Å². The summed E-state index contributed by atoms with van der Waals surface area (Å²) in [4.78, 5) is 4.70. The molecule has 1 unspecified atom stereocenters. The molecule has 0 radical (unpaired) electrons. The Labute approximate surface area is 186 Å². The standard InChI is InChI=1S/C24H23ClN4O2/c1-28(2)20-13-14-29(15-20)19-9-5-17(6-10-19)23-26-27-24(31-23)22-12-11-21(30-22)16-3-7-18(25)8-4-16/h3-12,20H,13-15H2,1-2H3. The average Bonchev–Trinajstić information content (AvgIpc) is 3.54. The molecule has 31 heavy (non-hydrogen) atoms. The van der Waals surface area contributed by atoms with Crippen LogP contribution in [0.4, 0.5) is 5.69 Å². The third kappa shape index (κ3) is 4.09. The zero-order chi connectivity index (χ0) is 21.4. The summed E-state index contributed by atoms with van der Waals surface area (Å²) in [5.41, 5.74) is 3.03. The van der Waals surface area contributed by atoms with Gasteiger partial charge in [0.1, 0.15) is 5.76 Å². The van der Waals surface area contributed by atoms with Crippen LogP contribution >= 0.6 is 11.6 Å². The van der Waals surface area contributed by atoms with E-state index in [1.54, 1.807) is 0 Å². The second kappa shape index (κ2) is 8.21. The minimum Gasteiger partial charge on any atom is -0.451 e. The Kier molecular flexibility index (Phi) is 5.26. The van der Waals surface area contributed by atoms with Crippen LogP contribution in [0.2, 0.25) is 5.02 Å². The van der Waals surface area contributed by atoms with Gasteiger partial charge in [-0.3, -0.25) is 0 Å². The minimum absolute atomic E-state index is 0.354. The summed E-state index contributed by atoms with van der Waals surface area (Å²) in [5, 5.41) is 9.06. The number of anilines is 1. The van der Waals surface area contributed by atoms with Crippen LogP contribution in [0.5, 0.6) is 0 Å². The van der Waals surface area contributed by atoms with Crippen LogP contribution in [0.25, 0.3) is 34.4 Å². The van der Waals surface area contributed by atoms with Crippen LogP contribution in [0.15, 0.2) is 69.5 Å². The second-order valence-corrected chi connectivity index (χ2v) is 8.42. The summed E-state index contributed by atoms with van der Waals surface area (Å²) in [6.07, 6.45) is 1.18. The Balaban J connectivity index is 1.31. The van der Waals surface area contributed by atoms with Gasteiger partial charge in [-0.25, -0.2) is 0 Å². The van der Waals surface area contributed by atoms with Crippen molar-refractivity contribution in [1.29, 1.82) is 0 Å². The maximum absolute atomic E-state index is 5.96. The number of hydrogen-bond donors (Lipinski definition) is 0. The molecule has 1 aliphatic heterocycles. The Morgan fingerprint density at radius 2 is 1.52 bits per heavy atom. The summed E-state index contributed by atoms with van der Waals surface area (Å²) >= 11 is 5.96. The Bertz CT molecular complexity index is 1170. The molecule has 7 heteroatoms. The predicted molar refractivity (Wildman–Crippen MR) is 122 cm³/mol. The number of nitrogens with zero attached hydrogens (tertiary/aromatic N) is 4. The van der Waals surface area contributed by atoms with Gasteiger partial charge in [0.15, 0.2) is 5.76 Å². The van der Waals surface area contributed by atoms with E-state index >= 15 is 0 Å². The molecule has 0 amide bonds. The summed E-state index contributed by atoms with van der Waals surface area (Å²) < 4.78 is 11.8. The van der Waals surface area contributed by atoms with Crippen molar-refractivity contribution in [3.05, 3.63) is 65.7 Å². The maximum Gasteiger partial charge on any atom is 0.283 e. The summed E-state index contributed by atoms with van der Waals surface area (Å²) in [7, 11) is 4.28. The molecule has 0 spiro atoms. The number of hydrogen-bond acceptors (Lipinski definition) is 6. The van der Waals surface area contributed by atoms with E-state index < -0.39 is 0 Å². The van der Waals surface area contributed by atoms with Gasteiger partial charge >= 0.3 is 0 Å². The van der Waals surface area contributed by atoms with Crippen molar-refractivity contribution in [3.63, 3.8) is 0 Å². The van der Waals surface area contributed by atoms with Gasteiger partial charge in [-0.15, -0.1) is 10.2 Å². The summed E-state index contributed by atoms with van der Waals surface area (Å²) in [5.74, 6) is 2.08. The second-order valence-electron chi connectivity index (χ2n) is 7.98. The number of aromatic nitrogens is 2. The quantitative estimate of drug-likeness (QED) is 0.416. The molecule has 0 saturated carbocycles. The van der Waals surface area contributed by atoms with Gasteiger partial charge in [-0.1, -0.05) is 11.6 Å². The third-order valence-corrected chi connectivity index (χ3v) is 6.00. The highest BCUT2D eigenvalue weighted by molar-refractivity contribution is 6.30. The molecule has 1 saturated heterocycles. The Morgan fingerprint density at radius 1 is 0.839 bits per heavy atom. The van der Waals surface area contributed by atoms with E-state index in [0.717, 1.165) is 30.0 Å². The van der Waals surface area contributed by atoms with Crippen molar-refractivity contribution in [2.45, 2.75) is 12.5 Å². The lowest BCUT2D eigenvalue weighted by Crippen LogP contribution is -2.31. The van der Waals surface area contributed by atoms with Gasteiger partial charge in [0.25, 0.3) is 5.89 Å². The normalized spacial score (nSPS) is 16.4. The van der Waals surface area contributed by atoms with Gasteiger partial charge in [0, 0.05) is 41.0 Å². The topological polar surface area (TPSA) is 58.5 Å². The van der Waals surface area contributed by atoms with Gasteiger partial charge in [0.2, 0.25) is 5.89 Å². The molecule has 158 valence electrons. The molecule has 0 bridgehead atoms. The van der Waals surface area contributed by atoms with Crippen molar-refractivity contribution < 1.29 is 8.83 Å². The lowest BCUT2D eigenvalue weighted by Gasteiger charge is -2.21. The van der Waals surface area contributed by atoms with E-state index in [4.69, 9.17) is 20.4 Å². The van der Waals surface area contributed by atoms with Crippen molar-refractivity contribution in [1.82, 2.24) is 15.1 Å². The fourth-order valence-electron chi connectivity index (χ4n) is 3.87. The molecule has 3 heterocycles. The molecule has 4 aromatic rings. The lowest BCUT2D eigenvalue weighted by molar-refractivity contribution is 0.315. The number of benzene rings is 2. The summed E-state index contributed by atoms with van der Waals surface area (Å²) in [6.45, 7) is 2.12. The van der Waals surface area contributed by atoms with Crippen molar-refractivity contribution in [3.8, 4) is 34.4 Å². The highest BCUT2D eigenvalue weighted by Crippen LogP contribution is 2.31. The van der Waals surface area contributed by atoms with Gasteiger partial charge in [-0.2, -0.15) is 0 Å². The fourth-order valence-corrected chi connectivity index (χ4v) is 4.00. The lowest BCUT2D eigenvalue weighted by atomic mass is 10.2. The molecule has 2 aromatic carbocycles. The van der Waals surface area contributed by atoms with E-state index in [-0.39, 0.29) is 0 Å². The largest absolute Gasteiger partial charge is 0.451 e. The molecule has 1 fully saturated rings. The first-order valence-corrected chi connectivity index (χ1v) is 10.7. The Hall–Kier alpha value is -3.09. The first-order valence-electron chi connectivity index (χ1n) is 10.3. The van der Waals surface area contributed by atoms with Crippen LogP contribution in [0, 0.1) is 0 Å². The first kappa shape index (κ1) is 19.8. The van der Waals surface area contributed by atoms with Gasteiger partial charge in [0.05, 0.1) is 0 Å². The highest BCUT2D eigenvalue weighted by Gasteiger charge is 2.24. The van der Waals surface area contributed by atoms with Crippen molar-refractivity contribution >= 4 is 17.3 Å². The molecule has 5 rings (SSSR count). The molecule has 2 aromatic heterocycles. The van der Waals surface area contributed by atoms with Crippen LogP contribution in [0.1, 0.15) is 6.42 Å². The third-order valence-electron chi connectivity index (χ3n) is 5.74. The highest BCUT2D eigenvalue weighted by atomic mass is 35.5. The molecular weight excluding hydrogens is 412 g/mol. The van der Waals surface area contributed by atoms with Crippen LogP contribution in [-0.2, 0) is 0 Å². The molecular formula is C24H23ClN4O2. The van der Waals surface area contributed by atoms with E-state index in [1.807, 2.05) is 48.5 Å². The first-order chi connectivity index (χ1) is 15.1. The molecule has 0 N–H and O–H groups in total. The zero-order valence-corrected chi connectivity index (χ0v) is 18.2. The SMILES string of the molecule is CN(C)C1CCN(c2ccc(-c3nnc(-c4ccc(-c5ccc(Cl)cc5)o4)o3)cc2)C1. The number of furan rings is 1. The van der Waals surface area contributed by atoms with E-state index in [2.05, 4.69) is 46.2 Å². The monoisotopic (exact) mass is 434 g/mol.